The predicted molar refractivity (Wildman–Crippen MR) is 54.8 cm³/mol. The lowest BCUT2D eigenvalue weighted by molar-refractivity contribution is -0.205. The molecule has 0 saturated carbocycles. The first-order valence-corrected chi connectivity index (χ1v) is 4.39. The van der Waals surface area contributed by atoms with Gasteiger partial charge >= 0.3 is 11.9 Å². The lowest BCUT2D eigenvalue weighted by Crippen LogP contribution is -2.63. The first-order valence-electron chi connectivity index (χ1n) is 4.39. The van der Waals surface area contributed by atoms with Crippen molar-refractivity contribution in [1.29, 1.82) is 0 Å². The van der Waals surface area contributed by atoms with Crippen LogP contribution in [0.25, 0.3) is 0 Å². The number of hydrogen-bond acceptors (Lipinski definition) is 4. The molecule has 0 bridgehead atoms. The van der Waals surface area contributed by atoms with E-state index < -0.39 is 36.0 Å². The Kier molecular flexibility index (Phi) is 4.40. The van der Waals surface area contributed by atoms with E-state index in [0.29, 0.717) is 0 Å². The van der Waals surface area contributed by atoms with Crippen LogP contribution in [-0.4, -0.2) is 43.6 Å². The molecule has 0 radical (unpaired) electrons. The van der Waals surface area contributed by atoms with Gasteiger partial charge < -0.3 is 20.4 Å². The van der Waals surface area contributed by atoms with Crippen LogP contribution < -0.4 is 0 Å². The topological polar surface area (TPSA) is 115 Å². The molecule has 0 spiro atoms. The van der Waals surface area contributed by atoms with Gasteiger partial charge in [-0.25, -0.2) is 9.59 Å². The van der Waals surface area contributed by atoms with Gasteiger partial charge in [-0.05, 0) is 0 Å². The standard InChI is InChI=1S/C10H14O6/c1-3-5-9(15,7(11)12)10(16,6-4-2)8(13)14/h3-4,15-16H,1-2,5-6H2,(H,11,12)(H,13,14). The molecule has 2 atom stereocenters. The number of rotatable bonds is 7. The Morgan fingerprint density at radius 3 is 1.31 bits per heavy atom. The van der Waals surface area contributed by atoms with Crippen molar-refractivity contribution in [3.8, 4) is 0 Å². The summed E-state index contributed by atoms with van der Waals surface area (Å²) in [6.45, 7) is 6.42. The Morgan fingerprint density at radius 2 is 1.19 bits per heavy atom. The van der Waals surface area contributed by atoms with Crippen LogP contribution >= 0.6 is 0 Å². The zero-order valence-corrected chi connectivity index (χ0v) is 8.59. The van der Waals surface area contributed by atoms with Gasteiger partial charge in [0.2, 0.25) is 11.2 Å². The molecule has 6 heteroatoms. The maximum atomic E-state index is 10.9. The Labute approximate surface area is 92.1 Å². The number of carboxylic acid groups (broad SMARTS) is 2. The maximum absolute atomic E-state index is 10.9. The van der Waals surface area contributed by atoms with E-state index in [9.17, 15) is 19.8 Å². The van der Waals surface area contributed by atoms with Crippen molar-refractivity contribution in [1.82, 2.24) is 0 Å². The molecule has 0 aromatic carbocycles. The summed E-state index contributed by atoms with van der Waals surface area (Å²) in [5.74, 6) is -3.67. The molecular weight excluding hydrogens is 216 g/mol. The van der Waals surface area contributed by atoms with Crippen LogP contribution in [0.1, 0.15) is 12.8 Å². The van der Waals surface area contributed by atoms with Crippen molar-refractivity contribution in [2.24, 2.45) is 0 Å². The molecule has 0 aromatic heterocycles. The van der Waals surface area contributed by atoms with Crippen molar-refractivity contribution in [2.45, 2.75) is 24.0 Å². The van der Waals surface area contributed by atoms with Gasteiger partial charge in [0.15, 0.2) is 0 Å². The van der Waals surface area contributed by atoms with Crippen LogP contribution in [0.15, 0.2) is 25.3 Å². The van der Waals surface area contributed by atoms with Gasteiger partial charge in [-0.15, -0.1) is 13.2 Å². The highest BCUT2D eigenvalue weighted by Gasteiger charge is 2.59. The minimum atomic E-state index is -2.84. The quantitative estimate of drug-likeness (QED) is 0.449. The SMILES string of the molecule is C=CCC(O)(C(=O)O)C(O)(CC=C)C(=O)O. The van der Waals surface area contributed by atoms with Crippen molar-refractivity contribution >= 4 is 11.9 Å². The highest BCUT2D eigenvalue weighted by atomic mass is 16.5. The van der Waals surface area contributed by atoms with Crippen molar-refractivity contribution in [3.63, 3.8) is 0 Å². The average Bonchev–Trinajstić information content (AvgIpc) is 2.17. The molecule has 0 saturated heterocycles. The fourth-order valence-corrected chi connectivity index (χ4v) is 1.28. The number of hydrogen-bond donors (Lipinski definition) is 4. The van der Waals surface area contributed by atoms with E-state index in [-0.39, 0.29) is 0 Å². The Balaban J connectivity index is 5.59. The second kappa shape index (κ2) is 4.91. The third kappa shape index (κ3) is 2.12. The van der Waals surface area contributed by atoms with Crippen molar-refractivity contribution in [2.75, 3.05) is 0 Å². The molecule has 0 aliphatic heterocycles. The van der Waals surface area contributed by atoms with Crippen LogP contribution in [0, 0.1) is 0 Å². The van der Waals surface area contributed by atoms with E-state index in [1.165, 1.54) is 0 Å². The third-order valence-corrected chi connectivity index (χ3v) is 2.27. The number of carbonyl (C=O) groups is 2. The van der Waals surface area contributed by atoms with E-state index in [1.54, 1.807) is 0 Å². The Hall–Kier alpha value is -1.66. The second-order valence-electron chi connectivity index (χ2n) is 3.32. The highest BCUT2D eigenvalue weighted by Crippen LogP contribution is 2.31. The molecule has 0 fully saturated rings. The normalized spacial score (nSPS) is 17.9. The summed E-state index contributed by atoms with van der Waals surface area (Å²) in [6, 6.07) is 0. The molecule has 0 rings (SSSR count). The zero-order valence-electron chi connectivity index (χ0n) is 8.59. The summed E-state index contributed by atoms with van der Waals surface area (Å²) in [7, 11) is 0. The first kappa shape index (κ1) is 14.3. The van der Waals surface area contributed by atoms with Crippen LogP contribution in [0.3, 0.4) is 0 Å². The molecule has 2 unspecified atom stereocenters. The van der Waals surface area contributed by atoms with Gasteiger partial charge in [0.1, 0.15) is 0 Å². The van der Waals surface area contributed by atoms with E-state index in [2.05, 4.69) is 13.2 Å². The molecule has 0 aliphatic carbocycles. The minimum absolute atomic E-state index is 0.598. The van der Waals surface area contributed by atoms with Crippen LogP contribution in [0.4, 0.5) is 0 Å². The van der Waals surface area contributed by atoms with Crippen LogP contribution in [0.5, 0.6) is 0 Å². The second-order valence-corrected chi connectivity index (χ2v) is 3.32. The third-order valence-electron chi connectivity index (χ3n) is 2.27. The lowest BCUT2D eigenvalue weighted by atomic mass is 9.78. The summed E-state index contributed by atoms with van der Waals surface area (Å²) in [4.78, 5) is 21.8. The fraction of sp³-hybridized carbons (Fsp3) is 0.400. The monoisotopic (exact) mass is 230 g/mol. The van der Waals surface area contributed by atoms with Gasteiger partial charge in [0, 0.05) is 12.8 Å². The first-order chi connectivity index (χ1) is 7.26. The van der Waals surface area contributed by atoms with Gasteiger partial charge in [-0.3, -0.25) is 0 Å². The van der Waals surface area contributed by atoms with Gasteiger partial charge in [-0.1, -0.05) is 12.2 Å². The Morgan fingerprint density at radius 1 is 0.938 bits per heavy atom. The summed E-state index contributed by atoms with van der Waals surface area (Å²) in [6.07, 6.45) is 0.841. The van der Waals surface area contributed by atoms with Crippen molar-refractivity contribution < 1.29 is 30.0 Å². The lowest BCUT2D eigenvalue weighted by Gasteiger charge is -2.35. The molecule has 16 heavy (non-hydrogen) atoms. The van der Waals surface area contributed by atoms with Crippen LogP contribution in [0.2, 0.25) is 0 Å². The number of aliphatic hydroxyl groups is 2. The predicted octanol–water partition coefficient (Wildman–Crippen LogP) is -0.230. The smallest absolute Gasteiger partial charge is 0.339 e. The van der Waals surface area contributed by atoms with Crippen LogP contribution in [-0.2, 0) is 9.59 Å². The molecule has 0 heterocycles. The summed E-state index contributed by atoms with van der Waals surface area (Å²) in [5.41, 5.74) is -5.68. The highest BCUT2D eigenvalue weighted by molar-refractivity contribution is 5.91. The maximum Gasteiger partial charge on any atom is 0.339 e. The zero-order chi connectivity index (χ0) is 13.0. The summed E-state index contributed by atoms with van der Waals surface area (Å²) >= 11 is 0. The molecule has 90 valence electrons. The van der Waals surface area contributed by atoms with E-state index >= 15 is 0 Å². The molecule has 4 N–H and O–H groups in total. The largest absolute Gasteiger partial charge is 0.479 e. The summed E-state index contributed by atoms with van der Waals surface area (Å²) < 4.78 is 0. The molecule has 0 aromatic rings. The number of aliphatic carboxylic acids is 2. The summed E-state index contributed by atoms with van der Waals surface area (Å²) in [5, 5.41) is 37.2. The Bertz CT molecular complexity index is 291. The minimum Gasteiger partial charge on any atom is -0.479 e. The molecule has 0 aliphatic rings. The van der Waals surface area contributed by atoms with Gasteiger partial charge in [0.25, 0.3) is 0 Å². The van der Waals surface area contributed by atoms with E-state index in [1.807, 2.05) is 0 Å². The molecule has 0 amide bonds. The molecular formula is C10H14O6. The van der Waals surface area contributed by atoms with Gasteiger partial charge in [-0.2, -0.15) is 0 Å². The van der Waals surface area contributed by atoms with E-state index in [0.717, 1.165) is 12.2 Å². The van der Waals surface area contributed by atoms with Gasteiger partial charge in [0.05, 0.1) is 0 Å². The number of carboxylic acids is 2. The fourth-order valence-electron chi connectivity index (χ4n) is 1.28. The molecule has 6 nitrogen and oxygen atoms in total. The van der Waals surface area contributed by atoms with E-state index in [4.69, 9.17) is 10.2 Å². The van der Waals surface area contributed by atoms with Crippen molar-refractivity contribution in [3.05, 3.63) is 25.3 Å². The average molecular weight is 230 g/mol.